The molecule has 0 aromatic heterocycles. The van der Waals surface area contributed by atoms with Crippen molar-refractivity contribution < 1.29 is 38.5 Å². The average Bonchev–Trinajstić information content (AvgIpc) is 2.46. The number of carboxylic acid groups (broad SMARTS) is 1. The fourth-order valence-corrected chi connectivity index (χ4v) is 1.83. The molecule has 0 spiro atoms. The van der Waals surface area contributed by atoms with Gasteiger partial charge in [-0.2, -0.15) is 0 Å². The van der Waals surface area contributed by atoms with Crippen molar-refractivity contribution >= 4 is 23.9 Å². The van der Waals surface area contributed by atoms with Crippen LogP contribution in [0.4, 0.5) is 0 Å². The second-order valence-corrected chi connectivity index (χ2v) is 5.39. The molecule has 0 unspecified atom stereocenters. The lowest BCUT2D eigenvalue weighted by molar-refractivity contribution is -0.186. The Morgan fingerprint density at radius 3 is 1.58 bits per heavy atom. The third kappa shape index (κ3) is 8.50. The Labute approximate surface area is 141 Å². The van der Waals surface area contributed by atoms with Crippen LogP contribution in [0.15, 0.2) is 0 Å². The molecule has 24 heavy (non-hydrogen) atoms. The number of hydrogen-bond acceptors (Lipinski definition) is 7. The van der Waals surface area contributed by atoms with Crippen molar-refractivity contribution in [2.75, 3.05) is 13.2 Å². The Bertz CT molecular complexity index is 419. The summed E-state index contributed by atoms with van der Waals surface area (Å²) in [6, 6.07) is 0. The monoisotopic (exact) mass is 346 g/mol. The topological polar surface area (TPSA) is 116 Å². The molecule has 0 saturated heterocycles. The third-order valence-corrected chi connectivity index (χ3v) is 3.11. The molecule has 0 aromatic carbocycles. The molecule has 0 heterocycles. The van der Waals surface area contributed by atoms with E-state index in [4.69, 9.17) is 14.2 Å². The summed E-state index contributed by atoms with van der Waals surface area (Å²) in [5, 5.41) is 9.42. The quantitative estimate of drug-likeness (QED) is 0.323. The van der Waals surface area contributed by atoms with E-state index in [2.05, 4.69) is 0 Å². The van der Waals surface area contributed by atoms with Gasteiger partial charge in [-0.25, -0.2) is 4.79 Å². The predicted octanol–water partition coefficient (Wildman–Crippen LogP) is 1.84. The zero-order valence-electron chi connectivity index (χ0n) is 14.5. The number of carboxylic acids is 1. The minimum Gasteiger partial charge on any atom is -0.478 e. The van der Waals surface area contributed by atoms with Crippen molar-refractivity contribution in [2.24, 2.45) is 0 Å². The van der Waals surface area contributed by atoms with Crippen molar-refractivity contribution in [1.82, 2.24) is 0 Å². The van der Waals surface area contributed by atoms with Crippen molar-refractivity contribution in [3.63, 3.8) is 0 Å². The molecular formula is C16H26O8. The van der Waals surface area contributed by atoms with Gasteiger partial charge in [0.25, 0.3) is 0 Å². The second kappa shape index (κ2) is 11.4. The lowest BCUT2D eigenvalue weighted by Crippen LogP contribution is -2.47. The van der Waals surface area contributed by atoms with Crippen LogP contribution in [0.1, 0.15) is 59.3 Å². The molecule has 0 fully saturated rings. The lowest BCUT2D eigenvalue weighted by atomic mass is 9.95. The normalized spacial score (nSPS) is 10.8. The first-order chi connectivity index (χ1) is 11.3. The number of rotatable bonds is 12. The fraction of sp³-hybridized carbons (Fsp3) is 0.750. The molecule has 0 rings (SSSR count). The highest BCUT2D eigenvalue weighted by molar-refractivity contribution is 5.91. The van der Waals surface area contributed by atoms with Gasteiger partial charge in [-0.3, -0.25) is 14.4 Å². The molecular weight excluding hydrogens is 320 g/mol. The van der Waals surface area contributed by atoms with E-state index in [1.807, 2.05) is 13.8 Å². The molecule has 8 nitrogen and oxygen atoms in total. The summed E-state index contributed by atoms with van der Waals surface area (Å²) in [6.45, 7) is 5.07. The van der Waals surface area contributed by atoms with Crippen LogP contribution < -0.4 is 0 Å². The van der Waals surface area contributed by atoms with Gasteiger partial charge in [0.15, 0.2) is 0 Å². The first-order valence-corrected chi connectivity index (χ1v) is 8.01. The first kappa shape index (κ1) is 21.9. The highest BCUT2D eigenvalue weighted by Crippen LogP contribution is 2.24. The van der Waals surface area contributed by atoms with E-state index in [0.717, 1.165) is 19.8 Å². The van der Waals surface area contributed by atoms with Gasteiger partial charge >= 0.3 is 23.9 Å². The van der Waals surface area contributed by atoms with Gasteiger partial charge in [0.05, 0.1) is 26.1 Å². The van der Waals surface area contributed by atoms with Crippen molar-refractivity contribution in [1.29, 1.82) is 0 Å². The number of ether oxygens (including phenoxy) is 3. The molecule has 0 amide bonds. The minimum atomic E-state index is -2.32. The summed E-state index contributed by atoms with van der Waals surface area (Å²) in [4.78, 5) is 46.5. The van der Waals surface area contributed by atoms with Crippen molar-refractivity contribution in [3.8, 4) is 0 Å². The van der Waals surface area contributed by atoms with Crippen LogP contribution in [-0.4, -0.2) is 47.8 Å². The summed E-state index contributed by atoms with van der Waals surface area (Å²) in [5.74, 6) is -4.22. The highest BCUT2D eigenvalue weighted by Gasteiger charge is 2.47. The maximum atomic E-state index is 11.8. The fourth-order valence-electron chi connectivity index (χ4n) is 1.83. The van der Waals surface area contributed by atoms with Gasteiger partial charge in [0, 0.05) is 6.92 Å². The van der Waals surface area contributed by atoms with Gasteiger partial charge in [0.2, 0.25) is 5.60 Å². The van der Waals surface area contributed by atoms with Crippen LogP contribution in [0, 0.1) is 0 Å². The van der Waals surface area contributed by atoms with Crippen LogP contribution >= 0.6 is 0 Å². The largest absolute Gasteiger partial charge is 0.478 e. The smallest absolute Gasteiger partial charge is 0.349 e. The molecule has 138 valence electrons. The molecule has 0 saturated carbocycles. The van der Waals surface area contributed by atoms with Crippen molar-refractivity contribution in [2.45, 2.75) is 64.9 Å². The van der Waals surface area contributed by atoms with Crippen LogP contribution in [0.3, 0.4) is 0 Å². The Kier molecular flexibility index (Phi) is 10.4. The van der Waals surface area contributed by atoms with E-state index in [1.54, 1.807) is 0 Å². The van der Waals surface area contributed by atoms with Gasteiger partial charge in [-0.05, 0) is 12.8 Å². The molecule has 8 heteroatoms. The van der Waals surface area contributed by atoms with Crippen LogP contribution in [0.5, 0.6) is 0 Å². The summed E-state index contributed by atoms with van der Waals surface area (Å²) in [6.07, 6.45) is 1.33. The van der Waals surface area contributed by atoms with Crippen LogP contribution in [0.2, 0.25) is 0 Å². The van der Waals surface area contributed by atoms with E-state index >= 15 is 0 Å². The SMILES string of the molecule is CCCCOC(=O)CC(CC(=O)OCCCC)(OC(C)=O)C(=O)O. The average molecular weight is 346 g/mol. The molecule has 0 aliphatic rings. The number of unbranched alkanes of at least 4 members (excludes halogenated alkanes) is 2. The lowest BCUT2D eigenvalue weighted by Gasteiger charge is -2.27. The third-order valence-electron chi connectivity index (χ3n) is 3.11. The second-order valence-electron chi connectivity index (χ2n) is 5.39. The molecule has 0 radical (unpaired) electrons. The summed E-state index contributed by atoms with van der Waals surface area (Å²) in [7, 11) is 0. The first-order valence-electron chi connectivity index (χ1n) is 8.01. The van der Waals surface area contributed by atoms with Crippen molar-refractivity contribution in [3.05, 3.63) is 0 Å². The number of hydrogen-bond donors (Lipinski definition) is 1. The number of aliphatic carboxylic acids is 1. The zero-order valence-corrected chi connectivity index (χ0v) is 14.5. The van der Waals surface area contributed by atoms with E-state index < -0.39 is 42.3 Å². The molecule has 0 aliphatic carbocycles. The Morgan fingerprint density at radius 1 is 0.875 bits per heavy atom. The van der Waals surface area contributed by atoms with E-state index in [0.29, 0.717) is 12.8 Å². The van der Waals surface area contributed by atoms with Gasteiger partial charge < -0.3 is 19.3 Å². The maximum absolute atomic E-state index is 11.8. The Balaban J connectivity index is 5.04. The summed E-state index contributed by atoms with van der Waals surface area (Å²) in [5.41, 5.74) is -2.32. The Morgan fingerprint density at radius 2 is 1.29 bits per heavy atom. The molecule has 0 bridgehead atoms. The standard InChI is InChI=1S/C16H26O8/c1-4-6-8-22-13(18)10-16(15(20)21,24-12(3)17)11-14(19)23-9-7-5-2/h4-11H2,1-3H3,(H,20,21). The zero-order chi connectivity index (χ0) is 18.6. The summed E-state index contributed by atoms with van der Waals surface area (Å²) < 4.78 is 14.6. The van der Waals surface area contributed by atoms with E-state index in [-0.39, 0.29) is 13.2 Å². The van der Waals surface area contributed by atoms with Gasteiger partial charge in [0.1, 0.15) is 0 Å². The number of carbonyl (C=O) groups excluding carboxylic acids is 3. The molecule has 0 aliphatic heterocycles. The molecule has 0 aromatic rings. The number of carbonyl (C=O) groups is 4. The minimum absolute atomic E-state index is 0.131. The Hall–Kier alpha value is -2.12. The van der Waals surface area contributed by atoms with Crippen LogP contribution in [0.25, 0.3) is 0 Å². The van der Waals surface area contributed by atoms with Gasteiger partial charge in [-0.1, -0.05) is 26.7 Å². The van der Waals surface area contributed by atoms with E-state index in [1.165, 1.54) is 0 Å². The molecule has 1 N–H and O–H groups in total. The number of esters is 3. The summed E-state index contributed by atoms with van der Waals surface area (Å²) >= 11 is 0. The van der Waals surface area contributed by atoms with E-state index in [9.17, 15) is 24.3 Å². The van der Waals surface area contributed by atoms with Gasteiger partial charge in [-0.15, -0.1) is 0 Å². The van der Waals surface area contributed by atoms with Crippen LogP contribution in [-0.2, 0) is 33.4 Å². The maximum Gasteiger partial charge on any atom is 0.349 e. The molecule has 0 atom stereocenters. The predicted molar refractivity (Wildman–Crippen MR) is 83.1 cm³/mol. The highest BCUT2D eigenvalue weighted by atomic mass is 16.6.